The van der Waals surface area contributed by atoms with Gasteiger partial charge in [0.15, 0.2) is 0 Å². The van der Waals surface area contributed by atoms with Crippen LogP contribution in [0.15, 0.2) is 24.8 Å². The van der Waals surface area contributed by atoms with Crippen molar-refractivity contribution in [2.45, 2.75) is 32.6 Å². The monoisotopic (exact) mass is 247 g/mol. The Morgan fingerprint density at radius 3 is 2.56 bits per heavy atom. The van der Waals surface area contributed by atoms with Crippen LogP contribution in [0, 0.1) is 0 Å². The summed E-state index contributed by atoms with van der Waals surface area (Å²) in [7, 11) is 1.71. The van der Waals surface area contributed by atoms with E-state index in [2.05, 4.69) is 43.5 Å². The molecule has 0 spiro atoms. The van der Waals surface area contributed by atoms with Crippen LogP contribution in [0.25, 0.3) is 5.70 Å². The molecule has 3 nitrogen and oxygen atoms in total. The van der Waals surface area contributed by atoms with E-state index in [9.17, 15) is 0 Å². The van der Waals surface area contributed by atoms with Crippen LogP contribution in [-0.2, 0) is 0 Å². The number of nitrogens with zero attached hydrogens (tertiary/aromatic N) is 2. The average Bonchev–Trinajstić information content (AvgIpc) is 2.90. The van der Waals surface area contributed by atoms with Gasteiger partial charge in [0, 0.05) is 35.9 Å². The first kappa shape index (κ1) is 12.9. The maximum absolute atomic E-state index is 5.55. The second-order valence-electron chi connectivity index (χ2n) is 5.11. The molecule has 2 heterocycles. The predicted molar refractivity (Wildman–Crippen MR) is 73.1 cm³/mol. The molecule has 0 saturated carbocycles. The normalized spacial score (nSPS) is 15.2. The highest BCUT2D eigenvalue weighted by Crippen LogP contribution is 2.21. The van der Waals surface area contributed by atoms with Gasteiger partial charge in [0.1, 0.15) is 12.8 Å². The summed E-state index contributed by atoms with van der Waals surface area (Å²) in [5, 5.41) is 0. The highest BCUT2D eigenvalue weighted by atomic mass is 16.6. The van der Waals surface area contributed by atoms with Gasteiger partial charge in [-0.15, -0.1) is 0 Å². The van der Waals surface area contributed by atoms with Crippen molar-refractivity contribution in [3.8, 4) is 0 Å². The number of likely N-dealkylation sites (tertiary alicyclic amines) is 1. The summed E-state index contributed by atoms with van der Waals surface area (Å²) in [5.74, 6) is 0.427. The first-order valence-electron chi connectivity index (χ1n) is 6.69. The zero-order valence-electron chi connectivity index (χ0n) is 11.6. The molecule has 18 heavy (non-hydrogen) atoms. The van der Waals surface area contributed by atoms with Crippen LogP contribution in [0.5, 0.6) is 0 Å². The van der Waals surface area contributed by atoms with Gasteiger partial charge in [-0.25, -0.2) is 0 Å². The van der Waals surface area contributed by atoms with Gasteiger partial charge in [-0.3, -0.25) is 4.84 Å². The van der Waals surface area contributed by atoms with Crippen LogP contribution < -0.4 is 9.57 Å². The molecule has 3 heteroatoms. The lowest BCUT2D eigenvalue weighted by molar-refractivity contribution is -0.892. The summed E-state index contributed by atoms with van der Waals surface area (Å²) in [6, 6.07) is 6.27. The van der Waals surface area contributed by atoms with E-state index in [0.717, 1.165) is 24.5 Å². The van der Waals surface area contributed by atoms with E-state index in [-0.39, 0.29) is 0 Å². The summed E-state index contributed by atoms with van der Waals surface area (Å²) in [5.41, 5.74) is 3.30. The minimum Gasteiger partial charge on any atom is -0.367 e. The molecule has 1 aromatic rings. The fourth-order valence-electron chi connectivity index (χ4n) is 2.51. The SMILES string of the molecule is C=C(c1cccc(C(C)C)[n+]1OC)N1CCCC1. The van der Waals surface area contributed by atoms with Gasteiger partial charge < -0.3 is 4.90 Å². The van der Waals surface area contributed by atoms with Gasteiger partial charge >= 0.3 is 0 Å². The van der Waals surface area contributed by atoms with E-state index in [1.165, 1.54) is 18.5 Å². The Balaban J connectivity index is 2.37. The van der Waals surface area contributed by atoms with Crippen molar-refractivity contribution in [1.82, 2.24) is 4.90 Å². The van der Waals surface area contributed by atoms with Crippen molar-refractivity contribution in [2.24, 2.45) is 0 Å². The van der Waals surface area contributed by atoms with E-state index in [1.54, 1.807) is 7.11 Å². The van der Waals surface area contributed by atoms with Crippen molar-refractivity contribution in [2.75, 3.05) is 20.2 Å². The average molecular weight is 247 g/mol. The van der Waals surface area contributed by atoms with E-state index < -0.39 is 0 Å². The molecule has 0 unspecified atom stereocenters. The first-order chi connectivity index (χ1) is 8.65. The van der Waals surface area contributed by atoms with Crippen LogP contribution in [-0.4, -0.2) is 25.1 Å². The number of hydrogen-bond acceptors (Lipinski definition) is 2. The third-order valence-corrected chi connectivity index (χ3v) is 3.53. The van der Waals surface area contributed by atoms with Gasteiger partial charge in [0.05, 0.1) is 0 Å². The summed E-state index contributed by atoms with van der Waals surface area (Å²) >= 11 is 0. The number of hydrogen-bond donors (Lipinski definition) is 0. The van der Waals surface area contributed by atoms with Gasteiger partial charge in [-0.1, -0.05) is 20.4 Å². The number of pyridine rings is 1. The summed E-state index contributed by atoms with van der Waals surface area (Å²) < 4.78 is 1.91. The molecule has 1 aliphatic rings. The van der Waals surface area contributed by atoms with E-state index in [0.29, 0.717) is 5.92 Å². The Kier molecular flexibility index (Phi) is 3.90. The molecular weight excluding hydrogens is 224 g/mol. The summed E-state index contributed by atoms with van der Waals surface area (Å²) in [6.45, 7) is 10.8. The Labute approximate surface area is 110 Å². The molecule has 98 valence electrons. The Hall–Kier alpha value is -1.51. The van der Waals surface area contributed by atoms with Crippen LogP contribution in [0.3, 0.4) is 0 Å². The summed E-state index contributed by atoms with van der Waals surface area (Å²) in [4.78, 5) is 7.89. The first-order valence-corrected chi connectivity index (χ1v) is 6.69. The number of aromatic nitrogens is 1. The largest absolute Gasteiger partial charge is 0.367 e. The molecular formula is C15H23N2O+. The van der Waals surface area contributed by atoms with Crippen molar-refractivity contribution in [1.29, 1.82) is 0 Å². The molecule has 0 aliphatic carbocycles. The molecule has 0 atom stereocenters. The van der Waals surface area contributed by atoms with E-state index in [4.69, 9.17) is 4.84 Å². The standard InChI is InChI=1S/C15H23N2O/c1-12(2)14-8-7-9-15(17(14)18-4)13(3)16-10-5-6-11-16/h7-9,12H,3,5-6,10-11H2,1-2,4H3/q+1. The van der Waals surface area contributed by atoms with Gasteiger partial charge in [-0.2, -0.15) is 0 Å². The van der Waals surface area contributed by atoms with Crippen molar-refractivity contribution in [3.63, 3.8) is 0 Å². The Morgan fingerprint density at radius 1 is 1.33 bits per heavy atom. The molecule has 2 rings (SSSR count). The molecule has 0 amide bonds. The molecule has 1 aliphatic heterocycles. The molecule has 0 radical (unpaired) electrons. The van der Waals surface area contributed by atoms with E-state index >= 15 is 0 Å². The molecule has 1 aromatic heterocycles. The molecule has 0 bridgehead atoms. The lowest BCUT2D eigenvalue weighted by atomic mass is 10.1. The minimum absolute atomic E-state index is 0.427. The van der Waals surface area contributed by atoms with Crippen molar-refractivity contribution in [3.05, 3.63) is 36.2 Å². The second-order valence-corrected chi connectivity index (χ2v) is 5.11. The Bertz CT molecular complexity index is 434. The summed E-state index contributed by atoms with van der Waals surface area (Å²) in [6.07, 6.45) is 2.52. The van der Waals surface area contributed by atoms with E-state index in [1.807, 2.05) is 4.73 Å². The molecule has 0 aromatic carbocycles. The molecule has 0 N–H and O–H groups in total. The quantitative estimate of drug-likeness (QED) is 0.759. The number of rotatable bonds is 4. The third-order valence-electron chi connectivity index (χ3n) is 3.53. The highest BCUT2D eigenvalue weighted by molar-refractivity contribution is 5.56. The maximum Gasteiger partial charge on any atom is 0.280 e. The zero-order chi connectivity index (χ0) is 13.1. The minimum atomic E-state index is 0.427. The van der Waals surface area contributed by atoms with Crippen molar-refractivity contribution < 1.29 is 9.57 Å². The fourth-order valence-corrected chi connectivity index (χ4v) is 2.51. The second kappa shape index (κ2) is 5.42. The third kappa shape index (κ3) is 2.35. The molecule has 1 fully saturated rings. The Morgan fingerprint density at radius 2 is 2.00 bits per heavy atom. The van der Waals surface area contributed by atoms with Crippen LogP contribution in [0.2, 0.25) is 0 Å². The van der Waals surface area contributed by atoms with Crippen LogP contribution in [0.1, 0.15) is 44.0 Å². The topological polar surface area (TPSA) is 16.4 Å². The van der Waals surface area contributed by atoms with Gasteiger partial charge in [0.25, 0.3) is 5.69 Å². The lowest BCUT2D eigenvalue weighted by Gasteiger charge is -2.18. The predicted octanol–water partition coefficient (Wildman–Crippen LogP) is 2.22. The van der Waals surface area contributed by atoms with Gasteiger partial charge in [0.2, 0.25) is 5.69 Å². The maximum atomic E-state index is 5.55. The zero-order valence-corrected chi connectivity index (χ0v) is 11.6. The lowest BCUT2D eigenvalue weighted by Crippen LogP contribution is -2.49. The van der Waals surface area contributed by atoms with Crippen LogP contribution >= 0.6 is 0 Å². The smallest absolute Gasteiger partial charge is 0.280 e. The highest BCUT2D eigenvalue weighted by Gasteiger charge is 2.26. The fraction of sp³-hybridized carbons (Fsp3) is 0.533. The van der Waals surface area contributed by atoms with Crippen LogP contribution in [0.4, 0.5) is 0 Å². The van der Waals surface area contributed by atoms with Gasteiger partial charge in [-0.05, 0) is 18.9 Å². The molecule has 1 saturated heterocycles. The van der Waals surface area contributed by atoms with Crippen molar-refractivity contribution >= 4 is 5.70 Å².